The van der Waals surface area contributed by atoms with Crippen LogP contribution >= 0.6 is 0 Å². The Labute approximate surface area is 154 Å². The molecule has 2 N–H and O–H groups in total. The molecule has 0 saturated carbocycles. The smallest absolute Gasteiger partial charge is 0.319 e. The van der Waals surface area contributed by atoms with Crippen LogP contribution < -0.4 is 10.1 Å². The van der Waals surface area contributed by atoms with Crippen molar-refractivity contribution in [1.29, 1.82) is 0 Å². The van der Waals surface area contributed by atoms with Crippen molar-refractivity contribution >= 4 is 11.9 Å². The van der Waals surface area contributed by atoms with E-state index in [1.165, 1.54) is 12.1 Å². The summed E-state index contributed by atoms with van der Waals surface area (Å²) >= 11 is 0. The predicted octanol–water partition coefficient (Wildman–Crippen LogP) is 2.20. The lowest BCUT2D eigenvalue weighted by Crippen LogP contribution is -2.52. The second kappa shape index (κ2) is 9.31. The van der Waals surface area contributed by atoms with Gasteiger partial charge in [0.1, 0.15) is 11.5 Å². The zero-order valence-electron chi connectivity index (χ0n) is 15.8. The first-order valence-electron chi connectivity index (χ1n) is 9.24. The predicted molar refractivity (Wildman–Crippen MR) is 99.3 cm³/mol. The second-order valence-corrected chi connectivity index (χ2v) is 6.48. The van der Waals surface area contributed by atoms with Crippen molar-refractivity contribution in [3.63, 3.8) is 0 Å². The van der Waals surface area contributed by atoms with Crippen LogP contribution in [0, 0.1) is 0 Å². The van der Waals surface area contributed by atoms with Gasteiger partial charge in [0.25, 0.3) is 5.91 Å². The molecule has 26 heavy (non-hydrogen) atoms. The molecule has 0 spiro atoms. The summed E-state index contributed by atoms with van der Waals surface area (Å²) in [6, 6.07) is 6.40. The number of hydrogen-bond donors (Lipinski definition) is 2. The first-order valence-corrected chi connectivity index (χ1v) is 9.24. The van der Waals surface area contributed by atoms with E-state index in [0.29, 0.717) is 31.9 Å². The molecule has 1 atom stereocenters. The average molecular weight is 363 g/mol. The summed E-state index contributed by atoms with van der Waals surface area (Å²) in [5.74, 6) is 0.511. The summed E-state index contributed by atoms with van der Waals surface area (Å²) < 4.78 is 5.60. The summed E-state index contributed by atoms with van der Waals surface area (Å²) in [5, 5.41) is 12.3. The molecular weight excluding hydrogens is 334 g/mol. The van der Waals surface area contributed by atoms with Gasteiger partial charge in [0, 0.05) is 32.2 Å². The highest BCUT2D eigenvalue weighted by Gasteiger charge is 2.27. The van der Waals surface area contributed by atoms with Crippen molar-refractivity contribution in [3.8, 4) is 11.5 Å². The number of aromatic hydroxyl groups is 1. The number of phenols is 1. The highest BCUT2D eigenvalue weighted by Crippen LogP contribution is 2.18. The molecule has 1 heterocycles. The fourth-order valence-electron chi connectivity index (χ4n) is 3.01. The van der Waals surface area contributed by atoms with Gasteiger partial charge >= 0.3 is 6.03 Å². The zero-order valence-corrected chi connectivity index (χ0v) is 15.8. The number of carbonyl (C=O) groups excluding carboxylic acids is 2. The molecule has 1 fully saturated rings. The maximum Gasteiger partial charge on any atom is 0.319 e. The average Bonchev–Trinajstić information content (AvgIpc) is 2.65. The molecule has 1 aliphatic rings. The molecule has 2 rings (SSSR count). The van der Waals surface area contributed by atoms with Gasteiger partial charge in [-0.1, -0.05) is 0 Å². The summed E-state index contributed by atoms with van der Waals surface area (Å²) in [6.07, 6.45) is 0.852. The molecule has 1 saturated heterocycles. The number of benzene rings is 1. The lowest BCUT2D eigenvalue weighted by atomic mass is 10.0. The van der Waals surface area contributed by atoms with Gasteiger partial charge in [0.2, 0.25) is 0 Å². The van der Waals surface area contributed by atoms with E-state index < -0.39 is 6.10 Å². The number of nitrogens with one attached hydrogen (secondary N) is 1. The molecule has 7 heteroatoms. The van der Waals surface area contributed by atoms with E-state index in [1.807, 2.05) is 23.6 Å². The first kappa shape index (κ1) is 19.9. The molecule has 1 aromatic carbocycles. The fraction of sp³-hybridized carbons (Fsp3) is 0.579. The van der Waals surface area contributed by atoms with Gasteiger partial charge in [-0.25, -0.2) is 4.79 Å². The van der Waals surface area contributed by atoms with E-state index in [1.54, 1.807) is 19.1 Å². The third-order valence-electron chi connectivity index (χ3n) is 4.66. The Kier molecular flexibility index (Phi) is 7.12. The summed E-state index contributed by atoms with van der Waals surface area (Å²) in [5.41, 5.74) is 0. The molecule has 1 aromatic rings. The topological polar surface area (TPSA) is 82.1 Å². The maximum absolute atomic E-state index is 12.4. The van der Waals surface area contributed by atoms with Crippen LogP contribution in [0.5, 0.6) is 11.5 Å². The minimum atomic E-state index is -0.630. The van der Waals surface area contributed by atoms with Crippen molar-refractivity contribution in [1.82, 2.24) is 15.1 Å². The molecule has 1 unspecified atom stereocenters. The number of rotatable bonds is 6. The number of nitrogens with zero attached hydrogens (tertiary/aromatic N) is 2. The number of ether oxygens (including phenoxy) is 1. The van der Waals surface area contributed by atoms with Crippen LogP contribution in [-0.4, -0.2) is 65.2 Å². The maximum atomic E-state index is 12.4. The number of carbonyl (C=O) groups is 2. The highest BCUT2D eigenvalue weighted by atomic mass is 16.5. The third kappa shape index (κ3) is 5.28. The number of piperidine rings is 1. The monoisotopic (exact) mass is 363 g/mol. The summed E-state index contributed by atoms with van der Waals surface area (Å²) in [6.45, 7) is 8.35. The van der Waals surface area contributed by atoms with Gasteiger partial charge in [-0.2, -0.15) is 0 Å². The van der Waals surface area contributed by atoms with Crippen molar-refractivity contribution in [2.24, 2.45) is 0 Å². The van der Waals surface area contributed by atoms with Crippen LogP contribution in [0.1, 0.15) is 33.6 Å². The van der Waals surface area contributed by atoms with Gasteiger partial charge in [0.05, 0.1) is 0 Å². The Morgan fingerprint density at radius 1 is 1.23 bits per heavy atom. The van der Waals surface area contributed by atoms with E-state index in [2.05, 4.69) is 5.32 Å². The Morgan fingerprint density at radius 3 is 2.35 bits per heavy atom. The zero-order chi connectivity index (χ0) is 19.1. The number of urea groups is 1. The van der Waals surface area contributed by atoms with Crippen LogP contribution in [0.4, 0.5) is 4.79 Å². The fourth-order valence-corrected chi connectivity index (χ4v) is 3.01. The van der Waals surface area contributed by atoms with Crippen LogP contribution in [0.15, 0.2) is 24.3 Å². The van der Waals surface area contributed by atoms with Crippen molar-refractivity contribution in [2.45, 2.75) is 45.8 Å². The number of amides is 3. The van der Waals surface area contributed by atoms with Gasteiger partial charge in [-0.05, 0) is 57.9 Å². The SMILES string of the molecule is CCN(CC)C(=O)N1CCC(NC(=O)C(C)Oc2ccc(O)cc2)CC1. The van der Waals surface area contributed by atoms with Crippen LogP contribution in [-0.2, 0) is 4.79 Å². The van der Waals surface area contributed by atoms with Gasteiger partial charge in [-0.15, -0.1) is 0 Å². The largest absolute Gasteiger partial charge is 0.508 e. The van der Waals surface area contributed by atoms with E-state index in [0.717, 1.165) is 12.8 Å². The Bertz CT molecular complexity index is 593. The Hall–Kier alpha value is -2.44. The van der Waals surface area contributed by atoms with Gasteiger partial charge < -0.3 is 25.0 Å². The summed E-state index contributed by atoms with van der Waals surface area (Å²) in [4.78, 5) is 28.3. The molecule has 3 amide bonds. The first-order chi connectivity index (χ1) is 12.4. The number of phenolic OH excluding ortho intramolecular Hbond substituents is 1. The lowest BCUT2D eigenvalue weighted by molar-refractivity contribution is -0.128. The highest BCUT2D eigenvalue weighted by molar-refractivity contribution is 5.81. The molecule has 0 bridgehead atoms. The molecule has 0 aromatic heterocycles. The van der Waals surface area contributed by atoms with E-state index in [4.69, 9.17) is 4.74 Å². The Morgan fingerprint density at radius 2 is 1.81 bits per heavy atom. The normalized spacial score (nSPS) is 16.0. The minimum absolute atomic E-state index is 0.0501. The van der Waals surface area contributed by atoms with Crippen molar-refractivity contribution < 1.29 is 19.4 Å². The molecular formula is C19H29N3O4. The molecule has 1 aliphatic heterocycles. The Balaban J connectivity index is 1.78. The van der Waals surface area contributed by atoms with Gasteiger partial charge in [0.15, 0.2) is 6.10 Å². The second-order valence-electron chi connectivity index (χ2n) is 6.48. The minimum Gasteiger partial charge on any atom is -0.508 e. The molecule has 144 valence electrons. The molecule has 0 radical (unpaired) electrons. The summed E-state index contributed by atoms with van der Waals surface area (Å²) in [7, 11) is 0. The van der Waals surface area contributed by atoms with Crippen molar-refractivity contribution in [2.75, 3.05) is 26.2 Å². The van der Waals surface area contributed by atoms with E-state index >= 15 is 0 Å². The number of likely N-dealkylation sites (tertiary alicyclic amines) is 1. The van der Waals surface area contributed by atoms with Crippen LogP contribution in [0.25, 0.3) is 0 Å². The molecule has 7 nitrogen and oxygen atoms in total. The molecule has 0 aliphatic carbocycles. The standard InChI is InChI=1S/C19H29N3O4/c1-4-21(5-2)19(25)22-12-10-15(11-13-22)20-18(24)14(3)26-17-8-6-16(23)7-9-17/h6-9,14-15,23H,4-5,10-13H2,1-3H3,(H,20,24). The van der Waals surface area contributed by atoms with Crippen LogP contribution in [0.2, 0.25) is 0 Å². The lowest BCUT2D eigenvalue weighted by Gasteiger charge is -2.35. The quantitative estimate of drug-likeness (QED) is 0.812. The van der Waals surface area contributed by atoms with E-state index in [9.17, 15) is 14.7 Å². The number of hydrogen-bond acceptors (Lipinski definition) is 4. The van der Waals surface area contributed by atoms with Crippen LogP contribution in [0.3, 0.4) is 0 Å². The van der Waals surface area contributed by atoms with Gasteiger partial charge in [-0.3, -0.25) is 4.79 Å². The third-order valence-corrected chi connectivity index (χ3v) is 4.66. The van der Waals surface area contributed by atoms with Crippen molar-refractivity contribution in [3.05, 3.63) is 24.3 Å². The van der Waals surface area contributed by atoms with E-state index in [-0.39, 0.29) is 23.7 Å².